The van der Waals surface area contributed by atoms with Crippen molar-refractivity contribution in [3.63, 3.8) is 0 Å². The van der Waals surface area contributed by atoms with E-state index in [9.17, 15) is 9.90 Å². The van der Waals surface area contributed by atoms with Crippen molar-refractivity contribution in [1.82, 2.24) is 0 Å². The number of carbonyl (C=O) groups is 1. The molecule has 1 amide bonds. The molecular formula is C13H17BrN2O2. The zero-order chi connectivity index (χ0) is 13.2. The van der Waals surface area contributed by atoms with Crippen LogP contribution in [-0.2, 0) is 4.79 Å². The number of carbonyl (C=O) groups excluding carboxylic acids is 1. The number of nitrogens with two attached hydrogens (primary N) is 1. The van der Waals surface area contributed by atoms with Gasteiger partial charge in [0.15, 0.2) is 5.75 Å². The summed E-state index contributed by atoms with van der Waals surface area (Å²) < 4.78 is 0.567. The first-order valence-corrected chi connectivity index (χ1v) is 6.83. The number of benzene rings is 1. The third-order valence-corrected chi connectivity index (χ3v) is 4.28. The van der Waals surface area contributed by atoms with Gasteiger partial charge in [0.05, 0.1) is 10.2 Å². The van der Waals surface area contributed by atoms with Gasteiger partial charge >= 0.3 is 0 Å². The highest BCUT2D eigenvalue weighted by Crippen LogP contribution is 2.43. The minimum absolute atomic E-state index is 0.0221. The molecule has 0 aromatic heterocycles. The van der Waals surface area contributed by atoms with Crippen LogP contribution in [0.2, 0.25) is 0 Å². The molecular weight excluding hydrogens is 296 g/mol. The zero-order valence-corrected chi connectivity index (χ0v) is 11.7. The van der Waals surface area contributed by atoms with Crippen molar-refractivity contribution in [1.29, 1.82) is 0 Å². The van der Waals surface area contributed by atoms with Gasteiger partial charge < -0.3 is 16.2 Å². The molecule has 0 aliphatic heterocycles. The lowest BCUT2D eigenvalue weighted by molar-refractivity contribution is -0.119. The van der Waals surface area contributed by atoms with E-state index >= 15 is 0 Å². The highest BCUT2D eigenvalue weighted by atomic mass is 79.9. The Morgan fingerprint density at radius 2 is 2.22 bits per heavy atom. The minimum atomic E-state index is -0.0893. The molecule has 0 radical (unpaired) electrons. The van der Waals surface area contributed by atoms with Crippen LogP contribution in [0.3, 0.4) is 0 Å². The summed E-state index contributed by atoms with van der Waals surface area (Å²) in [6, 6.07) is 5.16. The summed E-state index contributed by atoms with van der Waals surface area (Å²) in [6.07, 6.45) is 3.60. The van der Waals surface area contributed by atoms with Gasteiger partial charge in [0, 0.05) is 6.42 Å². The maximum atomic E-state index is 12.0. The van der Waals surface area contributed by atoms with Crippen molar-refractivity contribution >= 4 is 27.5 Å². The number of para-hydroxylation sites is 1. The summed E-state index contributed by atoms with van der Waals surface area (Å²) >= 11 is 3.21. The molecule has 1 fully saturated rings. The fourth-order valence-corrected chi connectivity index (χ4v) is 2.65. The third-order valence-electron chi connectivity index (χ3n) is 3.64. The van der Waals surface area contributed by atoms with Gasteiger partial charge in [-0.2, -0.15) is 0 Å². The number of halogens is 1. The van der Waals surface area contributed by atoms with Gasteiger partial charge in [0.2, 0.25) is 5.91 Å². The second-order valence-electron chi connectivity index (χ2n) is 4.92. The monoisotopic (exact) mass is 312 g/mol. The first-order valence-electron chi connectivity index (χ1n) is 6.04. The predicted molar refractivity (Wildman–Crippen MR) is 74.4 cm³/mol. The van der Waals surface area contributed by atoms with Crippen molar-refractivity contribution in [2.45, 2.75) is 25.7 Å². The number of anilines is 1. The van der Waals surface area contributed by atoms with E-state index in [0.717, 1.165) is 19.3 Å². The molecule has 1 aliphatic rings. The number of hydrogen-bond donors (Lipinski definition) is 3. The molecule has 98 valence electrons. The Morgan fingerprint density at radius 3 is 2.78 bits per heavy atom. The Labute approximate surface area is 115 Å². The molecule has 4 N–H and O–H groups in total. The standard InChI is InChI=1S/C13H17BrN2O2/c14-9-3-1-4-10(12(9)18)16-11(17)7-13(8-15)5-2-6-13/h1,3-4,18H,2,5-8,15H2,(H,16,17). The number of aromatic hydroxyl groups is 1. The average Bonchev–Trinajstić information content (AvgIpc) is 2.30. The highest BCUT2D eigenvalue weighted by Gasteiger charge is 2.37. The van der Waals surface area contributed by atoms with Crippen LogP contribution >= 0.6 is 15.9 Å². The average molecular weight is 313 g/mol. The first-order chi connectivity index (χ1) is 8.56. The maximum absolute atomic E-state index is 12.0. The molecule has 1 aromatic rings. The lowest BCUT2D eigenvalue weighted by Crippen LogP contribution is -2.40. The number of nitrogens with one attached hydrogen (secondary N) is 1. The molecule has 0 unspecified atom stereocenters. The van der Waals surface area contributed by atoms with Crippen LogP contribution in [-0.4, -0.2) is 17.6 Å². The summed E-state index contributed by atoms with van der Waals surface area (Å²) in [5.41, 5.74) is 6.14. The summed E-state index contributed by atoms with van der Waals surface area (Å²) in [5.74, 6) is -0.0326. The van der Waals surface area contributed by atoms with Crippen LogP contribution in [0.5, 0.6) is 5.75 Å². The van der Waals surface area contributed by atoms with Crippen LogP contribution in [0.1, 0.15) is 25.7 Å². The number of phenols is 1. The molecule has 0 bridgehead atoms. The fraction of sp³-hybridized carbons (Fsp3) is 0.462. The van der Waals surface area contributed by atoms with E-state index in [1.54, 1.807) is 18.2 Å². The Bertz CT molecular complexity index is 453. The molecule has 0 spiro atoms. The fourth-order valence-electron chi connectivity index (χ4n) is 2.28. The quantitative estimate of drug-likeness (QED) is 0.748. The third kappa shape index (κ3) is 2.67. The van der Waals surface area contributed by atoms with Crippen molar-refractivity contribution in [2.24, 2.45) is 11.1 Å². The van der Waals surface area contributed by atoms with Gasteiger partial charge in [-0.3, -0.25) is 4.79 Å². The van der Waals surface area contributed by atoms with Crippen molar-refractivity contribution < 1.29 is 9.90 Å². The van der Waals surface area contributed by atoms with E-state index in [1.807, 2.05) is 0 Å². The molecule has 1 aliphatic carbocycles. The Hall–Kier alpha value is -1.07. The molecule has 18 heavy (non-hydrogen) atoms. The zero-order valence-electron chi connectivity index (χ0n) is 10.1. The molecule has 5 heteroatoms. The SMILES string of the molecule is NCC1(CC(=O)Nc2cccc(Br)c2O)CCC1. The Balaban J connectivity index is 2.01. The lowest BCUT2D eigenvalue weighted by atomic mass is 9.66. The summed E-state index contributed by atoms with van der Waals surface area (Å²) in [4.78, 5) is 12.0. The number of phenolic OH excluding ortho intramolecular Hbond substituents is 1. The van der Waals surface area contributed by atoms with E-state index < -0.39 is 0 Å². The largest absolute Gasteiger partial charge is 0.505 e. The topological polar surface area (TPSA) is 75.4 Å². The van der Waals surface area contributed by atoms with E-state index in [1.165, 1.54) is 0 Å². The van der Waals surface area contributed by atoms with Crippen LogP contribution in [0, 0.1) is 5.41 Å². The van der Waals surface area contributed by atoms with Gasteiger partial charge in [-0.05, 0) is 52.9 Å². The Morgan fingerprint density at radius 1 is 1.50 bits per heavy atom. The molecule has 4 nitrogen and oxygen atoms in total. The van der Waals surface area contributed by atoms with Crippen LogP contribution in [0.4, 0.5) is 5.69 Å². The van der Waals surface area contributed by atoms with E-state index in [2.05, 4.69) is 21.2 Å². The van der Waals surface area contributed by atoms with Gasteiger partial charge in [0.25, 0.3) is 0 Å². The molecule has 1 saturated carbocycles. The van der Waals surface area contributed by atoms with Gasteiger partial charge in [0.1, 0.15) is 0 Å². The summed E-state index contributed by atoms with van der Waals surface area (Å²) in [5, 5.41) is 12.5. The second kappa shape index (κ2) is 5.28. The smallest absolute Gasteiger partial charge is 0.225 e. The first kappa shape index (κ1) is 13.4. The number of amides is 1. The molecule has 0 atom stereocenters. The normalized spacial score (nSPS) is 17.0. The summed E-state index contributed by atoms with van der Waals surface area (Å²) in [7, 11) is 0. The van der Waals surface area contributed by atoms with E-state index in [-0.39, 0.29) is 17.1 Å². The van der Waals surface area contributed by atoms with Crippen LogP contribution < -0.4 is 11.1 Å². The minimum Gasteiger partial charge on any atom is -0.505 e. The molecule has 0 saturated heterocycles. The number of hydrogen-bond acceptors (Lipinski definition) is 3. The maximum Gasteiger partial charge on any atom is 0.225 e. The van der Waals surface area contributed by atoms with Gasteiger partial charge in [-0.25, -0.2) is 0 Å². The molecule has 1 aromatic carbocycles. The van der Waals surface area contributed by atoms with Gasteiger partial charge in [-0.1, -0.05) is 12.5 Å². The summed E-state index contributed by atoms with van der Waals surface area (Å²) in [6.45, 7) is 0.547. The van der Waals surface area contributed by atoms with Crippen molar-refractivity contribution in [3.05, 3.63) is 22.7 Å². The van der Waals surface area contributed by atoms with E-state index in [0.29, 0.717) is 23.1 Å². The van der Waals surface area contributed by atoms with Gasteiger partial charge in [-0.15, -0.1) is 0 Å². The predicted octanol–water partition coefficient (Wildman–Crippen LogP) is 2.61. The van der Waals surface area contributed by atoms with Crippen molar-refractivity contribution in [3.8, 4) is 5.75 Å². The van der Waals surface area contributed by atoms with Crippen LogP contribution in [0.15, 0.2) is 22.7 Å². The number of rotatable bonds is 4. The molecule has 0 heterocycles. The van der Waals surface area contributed by atoms with Crippen molar-refractivity contribution in [2.75, 3.05) is 11.9 Å². The second-order valence-corrected chi connectivity index (χ2v) is 5.77. The molecule has 2 rings (SSSR count). The van der Waals surface area contributed by atoms with Crippen LogP contribution in [0.25, 0.3) is 0 Å². The Kier molecular flexibility index (Phi) is 3.92. The highest BCUT2D eigenvalue weighted by molar-refractivity contribution is 9.10. The van der Waals surface area contributed by atoms with E-state index in [4.69, 9.17) is 5.73 Å². The lowest BCUT2D eigenvalue weighted by Gasteiger charge is -2.40.